The summed E-state index contributed by atoms with van der Waals surface area (Å²) in [5.41, 5.74) is 0. The van der Waals surface area contributed by atoms with Crippen molar-refractivity contribution in [3.8, 4) is 11.5 Å². The van der Waals surface area contributed by atoms with Crippen molar-refractivity contribution >= 4 is 0 Å². The highest BCUT2D eigenvalue weighted by atomic mass is 16.7. The molecule has 0 aliphatic carbocycles. The zero-order valence-corrected chi connectivity index (χ0v) is 15.6. The van der Waals surface area contributed by atoms with Crippen LogP contribution in [-0.2, 0) is 14.2 Å². The molecule has 0 aromatic heterocycles. The molecule has 29 heavy (non-hydrogen) atoms. The second kappa shape index (κ2) is 9.51. The lowest BCUT2D eigenvalue weighted by molar-refractivity contribution is -0.343. The molecular weight excluding hydrogens is 392 g/mol. The molecule has 0 amide bonds. The monoisotopic (exact) mass is 418 g/mol. The highest BCUT2D eigenvalue weighted by Crippen LogP contribution is 2.28. The Hall–Kier alpha value is -1.54. The average Bonchev–Trinajstić information content (AvgIpc) is 2.73. The first-order chi connectivity index (χ1) is 13.8. The standard InChI is InChI=1S/C18H26O11/c1-25-8-2-4-9(5-3-8)27-17-15(24)16(10(20)7-26-17)29-18-14(23)13(22)12(21)11(6-19)28-18/h2-5,10-24H,6-7H2,1H3/t10-,11-,12-,13+,14-,15-,16-,17-,18-/m0/s1. The maximum atomic E-state index is 10.6. The molecule has 9 atom stereocenters. The smallest absolute Gasteiger partial charge is 0.228 e. The normalized spacial score (nSPS) is 40.4. The van der Waals surface area contributed by atoms with E-state index in [9.17, 15) is 30.6 Å². The summed E-state index contributed by atoms with van der Waals surface area (Å²) in [5.74, 6) is 0.986. The molecule has 164 valence electrons. The molecular formula is C18H26O11. The van der Waals surface area contributed by atoms with Gasteiger partial charge in [-0.15, -0.1) is 0 Å². The van der Waals surface area contributed by atoms with Crippen LogP contribution in [0.5, 0.6) is 11.5 Å². The summed E-state index contributed by atoms with van der Waals surface area (Å²) < 4.78 is 26.7. The molecule has 0 spiro atoms. The van der Waals surface area contributed by atoms with Crippen LogP contribution in [0.1, 0.15) is 0 Å². The number of aliphatic hydroxyl groups is 6. The van der Waals surface area contributed by atoms with Gasteiger partial charge in [0.15, 0.2) is 6.29 Å². The Kier molecular flexibility index (Phi) is 7.27. The van der Waals surface area contributed by atoms with Gasteiger partial charge in [0.1, 0.15) is 54.2 Å². The number of hydrogen-bond acceptors (Lipinski definition) is 11. The van der Waals surface area contributed by atoms with Crippen molar-refractivity contribution in [2.75, 3.05) is 20.3 Å². The van der Waals surface area contributed by atoms with Crippen LogP contribution in [0.25, 0.3) is 0 Å². The molecule has 11 nitrogen and oxygen atoms in total. The maximum Gasteiger partial charge on any atom is 0.228 e. The van der Waals surface area contributed by atoms with Gasteiger partial charge in [0, 0.05) is 0 Å². The predicted octanol–water partition coefficient (Wildman–Crippen LogP) is -2.66. The second-order valence-corrected chi connectivity index (χ2v) is 6.85. The van der Waals surface area contributed by atoms with Crippen LogP contribution >= 0.6 is 0 Å². The van der Waals surface area contributed by atoms with E-state index < -0.39 is 61.9 Å². The molecule has 0 unspecified atom stereocenters. The number of aliphatic hydroxyl groups excluding tert-OH is 6. The Labute approximate surface area is 166 Å². The minimum Gasteiger partial charge on any atom is -0.497 e. The maximum absolute atomic E-state index is 10.6. The largest absolute Gasteiger partial charge is 0.497 e. The highest BCUT2D eigenvalue weighted by molar-refractivity contribution is 5.31. The summed E-state index contributed by atoms with van der Waals surface area (Å²) >= 11 is 0. The lowest BCUT2D eigenvalue weighted by atomic mass is 9.98. The van der Waals surface area contributed by atoms with E-state index in [0.29, 0.717) is 11.5 Å². The molecule has 6 N–H and O–H groups in total. The van der Waals surface area contributed by atoms with Crippen molar-refractivity contribution in [3.63, 3.8) is 0 Å². The molecule has 2 aliphatic heterocycles. The van der Waals surface area contributed by atoms with Crippen LogP contribution in [-0.4, -0.2) is 106 Å². The van der Waals surface area contributed by atoms with E-state index in [1.54, 1.807) is 24.3 Å². The highest BCUT2D eigenvalue weighted by Gasteiger charge is 2.48. The van der Waals surface area contributed by atoms with E-state index in [2.05, 4.69) is 0 Å². The van der Waals surface area contributed by atoms with Crippen molar-refractivity contribution in [2.45, 2.75) is 55.3 Å². The molecule has 0 saturated carbocycles. The fourth-order valence-corrected chi connectivity index (χ4v) is 3.17. The Balaban J connectivity index is 1.67. The fourth-order valence-electron chi connectivity index (χ4n) is 3.17. The minimum absolute atomic E-state index is 0.236. The molecule has 11 heteroatoms. The Morgan fingerprint density at radius 3 is 2.17 bits per heavy atom. The van der Waals surface area contributed by atoms with Crippen molar-refractivity contribution < 1.29 is 54.3 Å². The van der Waals surface area contributed by atoms with Crippen LogP contribution in [0, 0.1) is 0 Å². The van der Waals surface area contributed by atoms with Gasteiger partial charge in [-0.3, -0.25) is 0 Å². The van der Waals surface area contributed by atoms with Crippen LogP contribution in [0.4, 0.5) is 0 Å². The topological polar surface area (TPSA) is 168 Å². The number of rotatable bonds is 6. The first kappa shape index (κ1) is 22.2. The quantitative estimate of drug-likeness (QED) is 0.285. The lowest BCUT2D eigenvalue weighted by Crippen LogP contribution is -2.63. The molecule has 2 aliphatic rings. The van der Waals surface area contributed by atoms with E-state index >= 15 is 0 Å². The summed E-state index contributed by atoms with van der Waals surface area (Å²) in [7, 11) is 1.52. The van der Waals surface area contributed by atoms with E-state index in [4.69, 9.17) is 23.7 Å². The van der Waals surface area contributed by atoms with Crippen LogP contribution < -0.4 is 9.47 Å². The number of benzene rings is 1. The minimum atomic E-state index is -1.67. The molecule has 2 saturated heterocycles. The van der Waals surface area contributed by atoms with Gasteiger partial charge in [0.2, 0.25) is 6.29 Å². The van der Waals surface area contributed by atoms with E-state index in [1.165, 1.54) is 7.11 Å². The Morgan fingerprint density at radius 2 is 1.55 bits per heavy atom. The average molecular weight is 418 g/mol. The van der Waals surface area contributed by atoms with Crippen molar-refractivity contribution in [1.29, 1.82) is 0 Å². The van der Waals surface area contributed by atoms with E-state index in [0.717, 1.165) is 0 Å². The third-order valence-corrected chi connectivity index (χ3v) is 4.88. The third-order valence-electron chi connectivity index (χ3n) is 4.88. The number of hydrogen-bond donors (Lipinski definition) is 6. The molecule has 1 aromatic rings. The van der Waals surface area contributed by atoms with Gasteiger partial charge in [-0.1, -0.05) is 0 Å². The first-order valence-corrected chi connectivity index (χ1v) is 9.10. The zero-order valence-electron chi connectivity index (χ0n) is 15.6. The van der Waals surface area contributed by atoms with Gasteiger partial charge in [0.25, 0.3) is 0 Å². The summed E-state index contributed by atoms with van der Waals surface area (Å²) in [6.45, 7) is -0.868. The van der Waals surface area contributed by atoms with Crippen molar-refractivity contribution in [1.82, 2.24) is 0 Å². The Morgan fingerprint density at radius 1 is 0.897 bits per heavy atom. The SMILES string of the molecule is COc1ccc(O[C@@H]2OC[C@H](O)[C@H](O[C@@H]3O[C@@H](CO)[C@H](O)[C@@H](O)[C@@H]3O)[C@@H]2O)cc1. The number of methoxy groups -OCH3 is 1. The van der Waals surface area contributed by atoms with Crippen LogP contribution in [0.3, 0.4) is 0 Å². The summed E-state index contributed by atoms with van der Waals surface area (Å²) in [4.78, 5) is 0. The van der Waals surface area contributed by atoms with Gasteiger partial charge in [-0.05, 0) is 24.3 Å². The molecule has 2 fully saturated rings. The summed E-state index contributed by atoms with van der Waals surface area (Å²) in [5, 5.41) is 59.8. The van der Waals surface area contributed by atoms with E-state index in [1.807, 2.05) is 0 Å². The van der Waals surface area contributed by atoms with Gasteiger partial charge < -0.3 is 54.3 Å². The van der Waals surface area contributed by atoms with Gasteiger partial charge >= 0.3 is 0 Å². The van der Waals surface area contributed by atoms with Crippen LogP contribution in [0.15, 0.2) is 24.3 Å². The third kappa shape index (κ3) is 4.79. The summed E-state index contributed by atoms with van der Waals surface area (Å²) in [6, 6.07) is 6.52. The Bertz CT molecular complexity index is 639. The molecule has 0 bridgehead atoms. The van der Waals surface area contributed by atoms with Gasteiger partial charge in [0.05, 0.1) is 20.3 Å². The van der Waals surface area contributed by atoms with Gasteiger partial charge in [-0.25, -0.2) is 0 Å². The lowest BCUT2D eigenvalue weighted by Gasteiger charge is -2.44. The van der Waals surface area contributed by atoms with Crippen molar-refractivity contribution in [2.24, 2.45) is 0 Å². The summed E-state index contributed by atoms with van der Waals surface area (Å²) in [6.07, 6.45) is -12.8. The molecule has 2 heterocycles. The second-order valence-electron chi connectivity index (χ2n) is 6.85. The molecule has 1 aromatic carbocycles. The molecule has 3 rings (SSSR count). The zero-order chi connectivity index (χ0) is 21.1. The predicted molar refractivity (Wildman–Crippen MR) is 94.0 cm³/mol. The molecule has 0 radical (unpaired) electrons. The van der Waals surface area contributed by atoms with Crippen LogP contribution in [0.2, 0.25) is 0 Å². The fraction of sp³-hybridized carbons (Fsp3) is 0.667. The first-order valence-electron chi connectivity index (χ1n) is 9.10. The van der Waals surface area contributed by atoms with Gasteiger partial charge in [-0.2, -0.15) is 0 Å². The number of ether oxygens (including phenoxy) is 5. The van der Waals surface area contributed by atoms with Crippen molar-refractivity contribution in [3.05, 3.63) is 24.3 Å². The van der Waals surface area contributed by atoms with E-state index in [-0.39, 0.29) is 6.61 Å².